The van der Waals surface area contributed by atoms with Crippen LogP contribution in [0.4, 0.5) is 0 Å². The lowest BCUT2D eigenvalue weighted by Gasteiger charge is -2.23. The first-order valence-electron chi connectivity index (χ1n) is 9.94. The van der Waals surface area contributed by atoms with Gasteiger partial charge in [-0.3, -0.25) is 9.69 Å². The molecule has 0 saturated heterocycles. The van der Waals surface area contributed by atoms with Gasteiger partial charge in [0.25, 0.3) is 0 Å². The number of rotatable bonds is 5. The smallest absolute Gasteiger partial charge is 0.234 e. The number of para-hydroxylation sites is 3. The molecule has 30 heavy (non-hydrogen) atoms. The molecule has 2 aromatic heterocycles. The summed E-state index contributed by atoms with van der Waals surface area (Å²) in [4.78, 5) is 22.6. The lowest BCUT2D eigenvalue weighted by molar-refractivity contribution is -0.122. The van der Waals surface area contributed by atoms with Crippen molar-refractivity contribution < 1.29 is 9.53 Å². The normalized spacial score (nSPS) is 16.6. The van der Waals surface area contributed by atoms with Gasteiger partial charge in [-0.1, -0.05) is 30.3 Å². The molecule has 1 aliphatic rings. The van der Waals surface area contributed by atoms with Gasteiger partial charge in [-0.15, -0.1) is 0 Å². The van der Waals surface area contributed by atoms with Crippen molar-refractivity contribution in [2.75, 3.05) is 13.1 Å². The number of aromatic amines is 1. The molecule has 3 heterocycles. The third-order valence-corrected chi connectivity index (χ3v) is 5.93. The summed E-state index contributed by atoms with van der Waals surface area (Å²) >= 11 is 1.66. The monoisotopic (exact) mass is 418 g/mol. The molecule has 0 fully saturated rings. The zero-order valence-corrected chi connectivity index (χ0v) is 17.2. The lowest BCUT2D eigenvalue weighted by atomic mass is 10.2. The van der Waals surface area contributed by atoms with Crippen LogP contribution >= 0.6 is 11.3 Å². The first kappa shape index (κ1) is 18.8. The maximum atomic E-state index is 12.7. The van der Waals surface area contributed by atoms with Crippen LogP contribution in [0.3, 0.4) is 0 Å². The average Bonchev–Trinajstić information content (AvgIpc) is 3.39. The summed E-state index contributed by atoms with van der Waals surface area (Å²) < 4.78 is 6.29. The topological polar surface area (TPSA) is 70.2 Å². The third kappa shape index (κ3) is 4.08. The molecule has 0 saturated carbocycles. The van der Waals surface area contributed by atoms with Gasteiger partial charge in [0.15, 0.2) is 0 Å². The number of amides is 1. The van der Waals surface area contributed by atoms with Crippen molar-refractivity contribution in [3.05, 3.63) is 82.3 Å². The van der Waals surface area contributed by atoms with E-state index in [9.17, 15) is 4.79 Å². The standard InChI is InChI=1S/C23H22N4O2S/c28-23(24-11-22-25-18-6-2-3-7-19(18)26-22)14-27-12-16-5-1-4-8-20(16)29-21(13-27)17-9-10-30-15-17/h1-10,15,21H,11-14H2,(H,24,28)(H,25,26). The van der Waals surface area contributed by atoms with Crippen molar-refractivity contribution in [2.24, 2.45) is 0 Å². The Morgan fingerprint density at radius 1 is 1.20 bits per heavy atom. The highest BCUT2D eigenvalue weighted by Gasteiger charge is 2.25. The number of aromatic nitrogens is 2. The molecule has 5 rings (SSSR count). The highest BCUT2D eigenvalue weighted by molar-refractivity contribution is 7.07. The van der Waals surface area contributed by atoms with Crippen molar-refractivity contribution in [2.45, 2.75) is 19.2 Å². The number of fused-ring (bicyclic) bond motifs is 2. The van der Waals surface area contributed by atoms with E-state index in [1.807, 2.05) is 42.5 Å². The average molecular weight is 419 g/mol. The molecule has 0 aliphatic carbocycles. The molecule has 1 unspecified atom stereocenters. The van der Waals surface area contributed by atoms with Gasteiger partial charge < -0.3 is 15.0 Å². The van der Waals surface area contributed by atoms with E-state index in [1.54, 1.807) is 11.3 Å². The molecule has 0 radical (unpaired) electrons. The quantitative estimate of drug-likeness (QED) is 0.516. The Morgan fingerprint density at radius 2 is 2.07 bits per heavy atom. The maximum absolute atomic E-state index is 12.7. The van der Waals surface area contributed by atoms with Crippen LogP contribution < -0.4 is 10.1 Å². The van der Waals surface area contributed by atoms with E-state index in [0.29, 0.717) is 26.2 Å². The zero-order valence-electron chi connectivity index (χ0n) is 16.4. The third-order valence-electron chi connectivity index (χ3n) is 5.23. The summed E-state index contributed by atoms with van der Waals surface area (Å²) in [6, 6.07) is 18.0. The Balaban J connectivity index is 1.27. The number of nitrogens with one attached hydrogen (secondary N) is 2. The molecule has 152 valence electrons. The number of benzene rings is 2. The van der Waals surface area contributed by atoms with Gasteiger partial charge >= 0.3 is 0 Å². The Hall–Kier alpha value is -3.16. The summed E-state index contributed by atoms with van der Waals surface area (Å²) in [6.45, 7) is 2.01. The van der Waals surface area contributed by atoms with Crippen molar-refractivity contribution >= 4 is 28.3 Å². The van der Waals surface area contributed by atoms with Gasteiger partial charge in [-0.2, -0.15) is 11.3 Å². The molecule has 0 spiro atoms. The van der Waals surface area contributed by atoms with E-state index in [4.69, 9.17) is 4.74 Å². The predicted octanol–water partition coefficient (Wildman–Crippen LogP) is 3.88. The van der Waals surface area contributed by atoms with Gasteiger partial charge in [0.05, 0.1) is 24.1 Å². The van der Waals surface area contributed by atoms with Crippen LogP contribution in [0.2, 0.25) is 0 Å². The molecule has 2 N–H and O–H groups in total. The molecule has 0 bridgehead atoms. The van der Waals surface area contributed by atoms with E-state index < -0.39 is 0 Å². The van der Waals surface area contributed by atoms with Crippen molar-refractivity contribution in [3.63, 3.8) is 0 Å². The Bertz CT molecular complexity index is 1120. The van der Waals surface area contributed by atoms with E-state index in [0.717, 1.165) is 33.7 Å². The minimum absolute atomic E-state index is 0.0288. The fourth-order valence-electron chi connectivity index (χ4n) is 3.76. The van der Waals surface area contributed by atoms with Crippen molar-refractivity contribution in [1.82, 2.24) is 20.2 Å². The summed E-state index contributed by atoms with van der Waals surface area (Å²) in [5.41, 5.74) is 4.12. The molecule has 7 heteroatoms. The maximum Gasteiger partial charge on any atom is 0.234 e. The van der Waals surface area contributed by atoms with Crippen LogP contribution in [-0.4, -0.2) is 33.9 Å². The number of imidazole rings is 1. The number of H-pyrrole nitrogens is 1. The second-order valence-electron chi connectivity index (χ2n) is 7.42. The number of ether oxygens (including phenoxy) is 1. The molecular formula is C23H22N4O2S. The van der Waals surface area contributed by atoms with Crippen molar-refractivity contribution in [1.29, 1.82) is 0 Å². The van der Waals surface area contributed by atoms with Gasteiger partial charge in [0, 0.05) is 24.2 Å². The predicted molar refractivity (Wildman–Crippen MR) is 117 cm³/mol. The summed E-state index contributed by atoms with van der Waals surface area (Å²) in [6.07, 6.45) is -0.0944. The fourth-order valence-corrected chi connectivity index (χ4v) is 4.46. The Kier molecular flexibility index (Phi) is 5.21. The number of nitrogens with zero attached hydrogens (tertiary/aromatic N) is 2. The summed E-state index contributed by atoms with van der Waals surface area (Å²) in [7, 11) is 0. The van der Waals surface area contributed by atoms with Gasteiger partial charge in [0.2, 0.25) is 5.91 Å². The van der Waals surface area contributed by atoms with Crippen LogP contribution in [0, 0.1) is 0 Å². The Labute approximate surface area is 178 Å². The van der Waals surface area contributed by atoms with Crippen LogP contribution in [0.5, 0.6) is 5.75 Å². The van der Waals surface area contributed by atoms with Crippen molar-refractivity contribution in [3.8, 4) is 5.75 Å². The first-order chi connectivity index (χ1) is 14.7. The SMILES string of the molecule is O=C(CN1Cc2ccccc2OC(c2ccsc2)C1)NCc1nc2ccccc2[nH]1. The number of carbonyl (C=O) groups excluding carboxylic acids is 1. The molecule has 6 nitrogen and oxygen atoms in total. The summed E-state index contributed by atoms with van der Waals surface area (Å²) in [5, 5.41) is 7.15. The first-order valence-corrected chi connectivity index (χ1v) is 10.9. The second kappa shape index (κ2) is 8.30. The number of hydrogen-bond donors (Lipinski definition) is 2. The highest BCUT2D eigenvalue weighted by atomic mass is 32.1. The molecule has 1 atom stereocenters. The van der Waals surface area contributed by atoms with E-state index in [-0.39, 0.29) is 12.0 Å². The largest absolute Gasteiger partial charge is 0.484 e. The number of thiophene rings is 1. The summed E-state index contributed by atoms with van der Waals surface area (Å²) in [5.74, 6) is 1.61. The molecular weight excluding hydrogens is 396 g/mol. The van der Waals surface area contributed by atoms with E-state index in [2.05, 4.69) is 43.1 Å². The van der Waals surface area contributed by atoms with Gasteiger partial charge in [-0.25, -0.2) is 4.98 Å². The zero-order chi connectivity index (χ0) is 20.3. The Morgan fingerprint density at radius 3 is 2.93 bits per heavy atom. The fraction of sp³-hybridized carbons (Fsp3) is 0.217. The molecule has 1 amide bonds. The van der Waals surface area contributed by atoms with Gasteiger partial charge in [0.1, 0.15) is 17.7 Å². The lowest BCUT2D eigenvalue weighted by Crippen LogP contribution is -2.38. The number of hydrogen-bond acceptors (Lipinski definition) is 5. The minimum Gasteiger partial charge on any atom is -0.484 e. The van der Waals surface area contributed by atoms with Crippen LogP contribution in [0.1, 0.15) is 23.1 Å². The number of carbonyl (C=O) groups is 1. The van der Waals surface area contributed by atoms with E-state index in [1.165, 1.54) is 0 Å². The van der Waals surface area contributed by atoms with Gasteiger partial charge in [-0.05, 0) is 35.0 Å². The molecule has 1 aliphatic heterocycles. The van der Waals surface area contributed by atoms with Crippen LogP contribution in [0.15, 0.2) is 65.4 Å². The van der Waals surface area contributed by atoms with Crippen LogP contribution in [0.25, 0.3) is 11.0 Å². The second-order valence-corrected chi connectivity index (χ2v) is 8.20. The molecule has 2 aromatic carbocycles. The van der Waals surface area contributed by atoms with E-state index >= 15 is 0 Å². The highest BCUT2D eigenvalue weighted by Crippen LogP contribution is 2.31. The minimum atomic E-state index is -0.0944. The van der Waals surface area contributed by atoms with Crippen LogP contribution in [-0.2, 0) is 17.9 Å². The molecule has 4 aromatic rings.